The lowest BCUT2D eigenvalue weighted by atomic mass is 9.95. The van der Waals surface area contributed by atoms with Gasteiger partial charge in [0.15, 0.2) is 4.80 Å². The van der Waals surface area contributed by atoms with Crippen LogP contribution in [0.2, 0.25) is 0 Å². The van der Waals surface area contributed by atoms with E-state index in [1.807, 2.05) is 98.2 Å². The molecule has 0 fully saturated rings. The number of rotatable bonds is 5. The van der Waals surface area contributed by atoms with Crippen molar-refractivity contribution in [3.63, 3.8) is 0 Å². The Morgan fingerprint density at radius 1 is 1.05 bits per heavy atom. The molecule has 0 radical (unpaired) electrons. The maximum Gasteiger partial charge on any atom is 0.338 e. The van der Waals surface area contributed by atoms with Gasteiger partial charge in [-0.15, -0.1) is 0 Å². The topological polar surface area (TPSA) is 81.7 Å². The molecule has 0 amide bonds. The van der Waals surface area contributed by atoms with E-state index in [2.05, 4.69) is 4.99 Å². The normalized spacial score (nSPS) is 15.3. The van der Waals surface area contributed by atoms with Crippen molar-refractivity contribution in [2.75, 3.05) is 26.1 Å². The number of aromatic nitrogens is 3. The van der Waals surface area contributed by atoms with Gasteiger partial charge in [-0.2, -0.15) is 5.10 Å². The van der Waals surface area contributed by atoms with Crippen LogP contribution in [0.5, 0.6) is 0 Å². The van der Waals surface area contributed by atoms with Gasteiger partial charge in [0.25, 0.3) is 5.56 Å². The van der Waals surface area contributed by atoms with E-state index in [9.17, 15) is 9.59 Å². The lowest BCUT2D eigenvalue weighted by molar-refractivity contribution is -0.136. The van der Waals surface area contributed by atoms with Crippen molar-refractivity contribution < 1.29 is 9.53 Å². The third-order valence-electron chi connectivity index (χ3n) is 6.78. The molecule has 0 unspecified atom stereocenters. The van der Waals surface area contributed by atoms with Crippen molar-refractivity contribution in [1.29, 1.82) is 0 Å². The van der Waals surface area contributed by atoms with Crippen LogP contribution in [0.3, 0.4) is 0 Å². The number of esters is 1. The molecule has 0 aliphatic carbocycles. The van der Waals surface area contributed by atoms with Crippen LogP contribution in [-0.4, -0.2) is 41.5 Å². The van der Waals surface area contributed by atoms with Crippen molar-refractivity contribution in [2.24, 2.45) is 4.99 Å². The van der Waals surface area contributed by atoms with E-state index in [1.165, 1.54) is 18.4 Å². The van der Waals surface area contributed by atoms with Crippen molar-refractivity contribution >= 4 is 29.1 Å². The zero-order valence-corrected chi connectivity index (χ0v) is 23.0. The summed E-state index contributed by atoms with van der Waals surface area (Å²) in [7, 11) is 5.27. The van der Waals surface area contributed by atoms with Gasteiger partial charge in [-0.25, -0.2) is 14.5 Å². The average Bonchev–Trinajstić information content (AvgIpc) is 3.38. The average molecular weight is 528 g/mol. The molecule has 2 aromatic carbocycles. The van der Waals surface area contributed by atoms with E-state index in [-0.39, 0.29) is 5.56 Å². The molecule has 2 aromatic heterocycles. The molecule has 1 atom stereocenters. The number of anilines is 1. The molecular weight excluding hydrogens is 498 g/mol. The quantitative estimate of drug-likeness (QED) is 0.372. The summed E-state index contributed by atoms with van der Waals surface area (Å²) < 4.78 is 9.12. The minimum absolute atomic E-state index is 0.212. The maximum atomic E-state index is 13.9. The Hall–Kier alpha value is -4.24. The van der Waals surface area contributed by atoms with Crippen LogP contribution in [0.25, 0.3) is 11.8 Å². The van der Waals surface area contributed by atoms with Gasteiger partial charge in [0.2, 0.25) is 0 Å². The van der Waals surface area contributed by atoms with E-state index in [0.29, 0.717) is 20.6 Å². The number of nitrogens with zero attached hydrogens (tertiary/aromatic N) is 5. The van der Waals surface area contributed by atoms with Crippen molar-refractivity contribution in [2.45, 2.75) is 26.8 Å². The summed E-state index contributed by atoms with van der Waals surface area (Å²) in [6.07, 6.45) is 1.88. The van der Waals surface area contributed by atoms with E-state index in [1.54, 1.807) is 11.5 Å². The summed E-state index contributed by atoms with van der Waals surface area (Å²) in [5.41, 5.74) is 6.09. The lowest BCUT2D eigenvalue weighted by Gasteiger charge is -2.25. The highest BCUT2D eigenvalue weighted by atomic mass is 32.1. The first kappa shape index (κ1) is 25.4. The van der Waals surface area contributed by atoms with Gasteiger partial charge in [-0.05, 0) is 56.7 Å². The number of benzene rings is 2. The minimum Gasteiger partial charge on any atom is -0.466 e. The molecule has 4 aromatic rings. The highest BCUT2D eigenvalue weighted by molar-refractivity contribution is 7.07. The third-order valence-corrected chi connectivity index (χ3v) is 7.76. The summed E-state index contributed by atoms with van der Waals surface area (Å²) in [5.74, 6) is -0.502. The Balaban J connectivity index is 1.70. The number of thiazole rings is 1. The van der Waals surface area contributed by atoms with Gasteiger partial charge in [0.05, 0.1) is 40.3 Å². The van der Waals surface area contributed by atoms with Crippen LogP contribution < -0.4 is 19.8 Å². The van der Waals surface area contributed by atoms with Gasteiger partial charge in [0, 0.05) is 31.0 Å². The first-order valence-electron chi connectivity index (χ1n) is 12.2. The summed E-state index contributed by atoms with van der Waals surface area (Å²) in [5, 5.41) is 4.72. The number of ether oxygens (including phenoxy) is 1. The molecule has 0 N–H and O–H groups in total. The zero-order valence-electron chi connectivity index (χ0n) is 22.2. The number of methoxy groups -OCH3 is 1. The Labute approximate surface area is 224 Å². The number of aryl methyl sites for hydroxylation is 1. The van der Waals surface area contributed by atoms with Gasteiger partial charge in [-0.3, -0.25) is 9.36 Å². The fourth-order valence-electron chi connectivity index (χ4n) is 4.78. The fraction of sp³-hybridized carbons (Fsp3) is 0.241. The Kier molecular flexibility index (Phi) is 6.62. The van der Waals surface area contributed by atoms with Crippen LogP contribution in [-0.2, 0) is 9.53 Å². The number of hydrogen-bond donors (Lipinski definition) is 0. The predicted octanol–water partition coefficient (Wildman–Crippen LogP) is 3.28. The molecule has 1 aliphatic rings. The third kappa shape index (κ3) is 4.28. The molecule has 0 spiro atoms. The first-order valence-corrected chi connectivity index (χ1v) is 13.0. The summed E-state index contributed by atoms with van der Waals surface area (Å²) in [6.45, 7) is 5.71. The van der Waals surface area contributed by atoms with Crippen LogP contribution >= 0.6 is 11.3 Å². The second kappa shape index (κ2) is 9.90. The number of hydrogen-bond acceptors (Lipinski definition) is 7. The SMILES string of the molecule is COC(=O)C1=C(C)N=c2s/c(=C/c3c(C)nn(-c4ccccc4)c3C)c(=O)n2[C@H]1c1ccc(N(C)C)cc1. The molecule has 1 aliphatic heterocycles. The molecule has 38 heavy (non-hydrogen) atoms. The van der Waals surface area contributed by atoms with Gasteiger partial charge in [-0.1, -0.05) is 41.7 Å². The predicted molar refractivity (Wildman–Crippen MR) is 150 cm³/mol. The van der Waals surface area contributed by atoms with Crippen molar-refractivity contribution in [3.05, 3.63) is 108 Å². The van der Waals surface area contributed by atoms with E-state index < -0.39 is 12.0 Å². The second-order valence-electron chi connectivity index (χ2n) is 9.39. The van der Waals surface area contributed by atoms with Crippen LogP contribution in [0.4, 0.5) is 5.69 Å². The standard InChI is InChI=1S/C29H29N5O3S/c1-17-23(19(3)34(31-17)22-10-8-7-9-11-22)16-24-27(35)33-26(20-12-14-21(15-13-20)32(4)5)25(28(36)37-6)18(2)30-29(33)38-24/h7-16,26H,1-6H3/b24-16+/t26-/m0/s1. The fourth-order valence-corrected chi connectivity index (χ4v) is 5.81. The zero-order chi connectivity index (χ0) is 27.1. The molecule has 9 heteroatoms. The number of fused-ring (bicyclic) bond motifs is 1. The van der Waals surface area contributed by atoms with Crippen molar-refractivity contribution in [3.8, 4) is 5.69 Å². The second-order valence-corrected chi connectivity index (χ2v) is 10.4. The molecule has 3 heterocycles. The monoisotopic (exact) mass is 527 g/mol. The summed E-state index contributed by atoms with van der Waals surface area (Å²) in [4.78, 5) is 34.0. The van der Waals surface area contributed by atoms with E-state index >= 15 is 0 Å². The Morgan fingerprint density at radius 2 is 1.74 bits per heavy atom. The van der Waals surface area contributed by atoms with E-state index in [0.717, 1.165) is 33.9 Å². The summed E-state index contributed by atoms with van der Waals surface area (Å²) >= 11 is 1.31. The smallest absolute Gasteiger partial charge is 0.338 e. The number of allylic oxidation sites excluding steroid dienone is 1. The highest BCUT2D eigenvalue weighted by Crippen LogP contribution is 2.31. The molecular formula is C29H29N5O3S. The minimum atomic E-state index is -0.647. The Morgan fingerprint density at radius 3 is 2.37 bits per heavy atom. The van der Waals surface area contributed by atoms with Gasteiger partial charge < -0.3 is 9.64 Å². The highest BCUT2D eigenvalue weighted by Gasteiger charge is 2.33. The molecule has 5 rings (SSSR count). The van der Waals surface area contributed by atoms with Crippen LogP contribution in [0.15, 0.2) is 75.7 Å². The molecule has 8 nitrogen and oxygen atoms in total. The Bertz CT molecular complexity index is 1740. The largest absolute Gasteiger partial charge is 0.466 e. The number of para-hydroxylation sites is 1. The molecule has 0 bridgehead atoms. The number of carbonyl (C=O) groups excluding carboxylic acids is 1. The lowest BCUT2D eigenvalue weighted by Crippen LogP contribution is -2.39. The van der Waals surface area contributed by atoms with Gasteiger partial charge in [0.1, 0.15) is 0 Å². The molecule has 0 saturated carbocycles. The molecule has 194 valence electrons. The number of carbonyl (C=O) groups is 1. The molecule has 0 saturated heterocycles. The maximum absolute atomic E-state index is 13.9. The van der Waals surface area contributed by atoms with Crippen LogP contribution in [0.1, 0.15) is 35.5 Å². The summed E-state index contributed by atoms with van der Waals surface area (Å²) in [6, 6.07) is 17.1. The van der Waals surface area contributed by atoms with Crippen LogP contribution in [0, 0.1) is 13.8 Å². The van der Waals surface area contributed by atoms with Gasteiger partial charge >= 0.3 is 5.97 Å². The van der Waals surface area contributed by atoms with E-state index in [4.69, 9.17) is 9.84 Å². The van der Waals surface area contributed by atoms with Crippen molar-refractivity contribution in [1.82, 2.24) is 14.3 Å². The first-order chi connectivity index (χ1) is 18.2.